The van der Waals surface area contributed by atoms with Crippen molar-refractivity contribution in [3.05, 3.63) is 18.1 Å². The monoisotopic (exact) mass is 237 g/mol. The van der Waals surface area contributed by atoms with E-state index in [1.807, 2.05) is 13.1 Å². The summed E-state index contributed by atoms with van der Waals surface area (Å²) in [4.78, 5) is 8.29. The van der Waals surface area contributed by atoms with Crippen molar-refractivity contribution in [2.45, 2.75) is 39.7 Å². The highest BCUT2D eigenvalue weighted by molar-refractivity contribution is 5.14. The van der Waals surface area contributed by atoms with E-state index in [9.17, 15) is 0 Å². The molecule has 0 spiro atoms. The van der Waals surface area contributed by atoms with E-state index in [1.54, 1.807) is 13.4 Å². The van der Waals surface area contributed by atoms with Gasteiger partial charge in [-0.05, 0) is 18.9 Å². The van der Waals surface area contributed by atoms with Gasteiger partial charge in [0.2, 0.25) is 5.88 Å². The largest absolute Gasteiger partial charge is 0.481 e. The number of methoxy groups -OCH3 is 1. The third-order valence-electron chi connectivity index (χ3n) is 2.63. The highest BCUT2D eigenvalue weighted by Gasteiger charge is 2.18. The average Bonchev–Trinajstić information content (AvgIpc) is 2.26. The van der Waals surface area contributed by atoms with Crippen LogP contribution in [0.2, 0.25) is 0 Å². The van der Waals surface area contributed by atoms with Gasteiger partial charge in [0.15, 0.2) is 0 Å². The molecule has 4 heteroatoms. The predicted octanol–water partition coefficient (Wildman–Crippen LogP) is 2.05. The fraction of sp³-hybridized carbons (Fsp3) is 0.692. The molecule has 0 saturated carbocycles. The van der Waals surface area contributed by atoms with Gasteiger partial charge in [0.1, 0.15) is 6.33 Å². The summed E-state index contributed by atoms with van der Waals surface area (Å²) in [6.45, 7) is 6.74. The molecule has 96 valence electrons. The normalized spacial score (nSPS) is 13.5. The van der Waals surface area contributed by atoms with Crippen LogP contribution in [0, 0.1) is 5.41 Å². The molecule has 17 heavy (non-hydrogen) atoms. The second kappa shape index (κ2) is 5.96. The highest BCUT2D eigenvalue weighted by atomic mass is 16.5. The second-order valence-corrected chi connectivity index (χ2v) is 5.51. The Hall–Kier alpha value is -1.16. The van der Waals surface area contributed by atoms with E-state index in [1.165, 1.54) is 0 Å². The summed E-state index contributed by atoms with van der Waals surface area (Å²) in [5.41, 5.74) is 1.32. The number of nitrogens with zero attached hydrogens (tertiary/aromatic N) is 2. The van der Waals surface area contributed by atoms with Crippen LogP contribution in [-0.4, -0.2) is 30.2 Å². The Morgan fingerprint density at radius 1 is 1.35 bits per heavy atom. The predicted molar refractivity (Wildman–Crippen MR) is 69.2 cm³/mol. The lowest BCUT2D eigenvalue weighted by Gasteiger charge is -2.25. The minimum absolute atomic E-state index is 0.310. The van der Waals surface area contributed by atoms with E-state index >= 15 is 0 Å². The van der Waals surface area contributed by atoms with Gasteiger partial charge in [-0.25, -0.2) is 9.97 Å². The smallest absolute Gasteiger partial charge is 0.216 e. The van der Waals surface area contributed by atoms with Crippen molar-refractivity contribution < 1.29 is 4.74 Å². The molecule has 0 aliphatic heterocycles. The molecule has 1 aromatic heterocycles. The molecule has 0 aromatic carbocycles. The molecule has 1 atom stereocenters. The van der Waals surface area contributed by atoms with Crippen molar-refractivity contribution in [1.82, 2.24) is 15.3 Å². The zero-order chi connectivity index (χ0) is 12.9. The van der Waals surface area contributed by atoms with Gasteiger partial charge in [-0.1, -0.05) is 20.8 Å². The van der Waals surface area contributed by atoms with Crippen molar-refractivity contribution in [2.75, 3.05) is 14.2 Å². The molecule has 1 rings (SSSR count). The topological polar surface area (TPSA) is 47.0 Å². The number of hydrogen-bond donors (Lipinski definition) is 1. The van der Waals surface area contributed by atoms with Gasteiger partial charge in [-0.15, -0.1) is 0 Å². The molecule has 4 nitrogen and oxygen atoms in total. The molecule has 0 bridgehead atoms. The van der Waals surface area contributed by atoms with Crippen LogP contribution in [0.25, 0.3) is 0 Å². The first-order chi connectivity index (χ1) is 7.94. The van der Waals surface area contributed by atoms with Gasteiger partial charge < -0.3 is 10.1 Å². The van der Waals surface area contributed by atoms with Crippen LogP contribution in [0.1, 0.15) is 32.9 Å². The zero-order valence-corrected chi connectivity index (χ0v) is 11.4. The maximum Gasteiger partial charge on any atom is 0.216 e. The summed E-state index contributed by atoms with van der Waals surface area (Å²) < 4.78 is 5.10. The van der Waals surface area contributed by atoms with Crippen LogP contribution in [0.3, 0.4) is 0 Å². The van der Waals surface area contributed by atoms with Crippen molar-refractivity contribution >= 4 is 0 Å². The first-order valence-electron chi connectivity index (χ1n) is 5.97. The van der Waals surface area contributed by atoms with Crippen LogP contribution in [0.5, 0.6) is 5.88 Å². The Labute approximate surface area is 104 Å². The minimum Gasteiger partial charge on any atom is -0.481 e. The summed E-state index contributed by atoms with van der Waals surface area (Å²) >= 11 is 0. The minimum atomic E-state index is 0.310. The molecule has 1 unspecified atom stereocenters. The third-order valence-corrected chi connectivity index (χ3v) is 2.63. The Morgan fingerprint density at radius 2 is 2.06 bits per heavy atom. The lowest BCUT2D eigenvalue weighted by molar-refractivity contribution is 0.314. The van der Waals surface area contributed by atoms with Crippen LogP contribution in [0.4, 0.5) is 0 Å². The average molecular weight is 237 g/mol. The van der Waals surface area contributed by atoms with Crippen LogP contribution >= 0.6 is 0 Å². The van der Waals surface area contributed by atoms with Crippen molar-refractivity contribution in [3.8, 4) is 5.88 Å². The second-order valence-electron chi connectivity index (χ2n) is 5.51. The van der Waals surface area contributed by atoms with E-state index < -0.39 is 0 Å². The van der Waals surface area contributed by atoms with Gasteiger partial charge >= 0.3 is 0 Å². The van der Waals surface area contributed by atoms with Gasteiger partial charge in [0.05, 0.1) is 7.11 Å². The van der Waals surface area contributed by atoms with Crippen molar-refractivity contribution in [1.29, 1.82) is 0 Å². The summed E-state index contributed by atoms with van der Waals surface area (Å²) in [6.07, 6.45) is 3.56. The van der Waals surface area contributed by atoms with E-state index in [0.717, 1.165) is 18.5 Å². The number of aromatic nitrogens is 2. The number of rotatable bonds is 5. The highest BCUT2D eigenvalue weighted by Crippen LogP contribution is 2.22. The fourth-order valence-corrected chi connectivity index (χ4v) is 1.87. The molecule has 0 amide bonds. The number of likely N-dealkylation sites (N-methyl/N-ethyl adjacent to an activating group) is 1. The van der Waals surface area contributed by atoms with E-state index in [4.69, 9.17) is 4.74 Å². The Kier molecular flexibility index (Phi) is 4.87. The quantitative estimate of drug-likeness (QED) is 0.851. The molecular formula is C13H23N3O. The summed E-state index contributed by atoms with van der Waals surface area (Å²) in [5, 5.41) is 3.34. The fourth-order valence-electron chi connectivity index (χ4n) is 1.87. The van der Waals surface area contributed by atoms with Crippen molar-refractivity contribution in [3.63, 3.8) is 0 Å². The molecule has 1 N–H and O–H groups in total. The van der Waals surface area contributed by atoms with Crippen LogP contribution in [-0.2, 0) is 6.42 Å². The van der Waals surface area contributed by atoms with Gasteiger partial charge in [-0.2, -0.15) is 0 Å². The third kappa shape index (κ3) is 5.13. The van der Waals surface area contributed by atoms with E-state index in [2.05, 4.69) is 36.1 Å². The standard InChI is InChI=1S/C13H23N3O/c1-13(2,3)8-11(14-4)6-10-7-12(17-5)16-9-15-10/h7,9,11,14H,6,8H2,1-5H3. The van der Waals surface area contributed by atoms with Gasteiger partial charge in [-0.3, -0.25) is 0 Å². The summed E-state index contributed by atoms with van der Waals surface area (Å²) in [6, 6.07) is 2.32. The molecule has 0 saturated heterocycles. The van der Waals surface area contributed by atoms with Crippen molar-refractivity contribution in [2.24, 2.45) is 5.41 Å². The zero-order valence-electron chi connectivity index (χ0n) is 11.4. The van der Waals surface area contributed by atoms with Crippen LogP contribution in [0.15, 0.2) is 12.4 Å². The summed E-state index contributed by atoms with van der Waals surface area (Å²) in [5.74, 6) is 0.626. The molecule has 0 radical (unpaired) electrons. The van der Waals surface area contributed by atoms with Gasteiger partial charge in [0.25, 0.3) is 0 Å². The molecule has 0 aliphatic rings. The Morgan fingerprint density at radius 3 is 2.59 bits per heavy atom. The number of hydrogen-bond acceptors (Lipinski definition) is 4. The lowest BCUT2D eigenvalue weighted by atomic mass is 9.86. The Bertz CT molecular complexity index is 347. The SMILES string of the molecule is CNC(Cc1cc(OC)ncn1)CC(C)(C)C. The van der Waals surface area contributed by atoms with E-state index in [-0.39, 0.29) is 0 Å². The first-order valence-corrected chi connectivity index (χ1v) is 5.97. The molecule has 1 heterocycles. The molecule has 0 fully saturated rings. The van der Waals surface area contributed by atoms with E-state index in [0.29, 0.717) is 17.3 Å². The first kappa shape index (κ1) is 13.9. The maximum atomic E-state index is 5.10. The number of ether oxygens (including phenoxy) is 1. The van der Waals surface area contributed by atoms with Gasteiger partial charge in [0, 0.05) is 24.2 Å². The molecular weight excluding hydrogens is 214 g/mol. The molecule has 0 aliphatic carbocycles. The summed E-state index contributed by atoms with van der Waals surface area (Å²) in [7, 11) is 3.62. The Balaban J connectivity index is 2.67. The number of nitrogens with one attached hydrogen (secondary N) is 1. The lowest BCUT2D eigenvalue weighted by Crippen LogP contribution is -2.32. The maximum absolute atomic E-state index is 5.10. The molecule has 1 aromatic rings. The van der Waals surface area contributed by atoms with Crippen LogP contribution < -0.4 is 10.1 Å².